The summed E-state index contributed by atoms with van der Waals surface area (Å²) in [6.45, 7) is 4.00. The minimum atomic E-state index is -0.786. The van der Waals surface area contributed by atoms with Crippen molar-refractivity contribution in [2.24, 2.45) is 5.41 Å². The molecule has 186 valence electrons. The van der Waals surface area contributed by atoms with E-state index in [0.29, 0.717) is 34.8 Å². The van der Waals surface area contributed by atoms with E-state index < -0.39 is 23.0 Å². The Hall–Kier alpha value is -4.38. The van der Waals surface area contributed by atoms with Crippen molar-refractivity contribution in [2.75, 3.05) is 11.7 Å². The van der Waals surface area contributed by atoms with Gasteiger partial charge in [0, 0.05) is 30.1 Å². The summed E-state index contributed by atoms with van der Waals surface area (Å²) in [5, 5.41) is 10.5. The van der Waals surface area contributed by atoms with Crippen LogP contribution >= 0.6 is 0 Å². The van der Waals surface area contributed by atoms with Gasteiger partial charge in [-0.05, 0) is 53.8 Å². The highest BCUT2D eigenvalue weighted by molar-refractivity contribution is 6.03. The molecule has 0 spiro atoms. The summed E-state index contributed by atoms with van der Waals surface area (Å²) < 4.78 is 43.4. The average molecular weight is 500 g/mol. The fraction of sp³-hybridized carbons (Fsp3) is 0.241. The number of halogens is 2. The van der Waals surface area contributed by atoms with Crippen LogP contribution in [0.4, 0.5) is 14.5 Å². The van der Waals surface area contributed by atoms with Crippen LogP contribution in [0, 0.1) is 28.4 Å². The van der Waals surface area contributed by atoms with E-state index in [-0.39, 0.29) is 36.1 Å². The minimum absolute atomic E-state index is 0.0838. The summed E-state index contributed by atoms with van der Waals surface area (Å²) in [5.41, 5.74) is 0.940. The molecule has 0 fully saturated rings. The van der Waals surface area contributed by atoms with Crippen LogP contribution in [0.15, 0.2) is 77.8 Å². The number of nitrogens with zero attached hydrogens (tertiary/aromatic N) is 3. The molecular weight excluding hydrogens is 476 g/mol. The Labute approximate surface area is 212 Å². The number of ether oxygens (including phenoxy) is 2. The van der Waals surface area contributed by atoms with E-state index in [0.717, 1.165) is 0 Å². The number of nitriles is 1. The van der Waals surface area contributed by atoms with E-state index in [2.05, 4.69) is 6.07 Å². The minimum Gasteiger partial charge on any atom is -0.454 e. The van der Waals surface area contributed by atoms with Crippen molar-refractivity contribution in [3.05, 3.63) is 95.0 Å². The monoisotopic (exact) mass is 499 g/mol. The largest absolute Gasteiger partial charge is 0.454 e. The number of hydrogen-bond donors (Lipinski definition) is 0. The van der Waals surface area contributed by atoms with Gasteiger partial charge in [-0.3, -0.25) is 9.69 Å². The number of Topliss-reactive ketones (excluding diaryl/α,β-unsaturated/α-hetero) is 1. The third-order valence-corrected chi connectivity index (χ3v) is 7.06. The first kappa shape index (κ1) is 23.0. The smallest absolute Gasteiger partial charge is 0.231 e. The van der Waals surface area contributed by atoms with Gasteiger partial charge in [0.2, 0.25) is 6.79 Å². The Morgan fingerprint density at radius 2 is 1.70 bits per heavy atom. The number of ketones is 1. The molecule has 8 heteroatoms. The number of rotatable bonds is 3. The molecule has 6 rings (SSSR count). The quantitative estimate of drug-likeness (QED) is 0.433. The highest BCUT2D eigenvalue weighted by Crippen LogP contribution is 2.53. The lowest BCUT2D eigenvalue weighted by Gasteiger charge is -2.45. The van der Waals surface area contributed by atoms with E-state index in [1.54, 1.807) is 47.3 Å². The SMILES string of the molecule is CC1(C)CC(=O)C2=C(C1)N(c1c(F)cccc1F)C(n1cccc1)=C(C#N)[C@@H]2c1ccc2c(c1)OCO2. The van der Waals surface area contributed by atoms with Gasteiger partial charge in [-0.2, -0.15) is 5.26 Å². The standard InChI is InChI=1S/C29H23F2N3O3/c1-29(2)13-21-26(22(35)14-29)25(17-8-9-23-24(12-17)37-16-36-23)18(15-32)28(33-10-3-4-11-33)34(21)27-19(30)6-5-7-20(27)31/h3-12,25H,13-14,16H2,1-2H3/t25-/m0/s1. The van der Waals surface area contributed by atoms with Gasteiger partial charge in [0.1, 0.15) is 23.1 Å². The van der Waals surface area contributed by atoms with Gasteiger partial charge in [-0.15, -0.1) is 0 Å². The molecule has 37 heavy (non-hydrogen) atoms. The van der Waals surface area contributed by atoms with E-state index in [9.17, 15) is 10.1 Å². The Morgan fingerprint density at radius 1 is 1.00 bits per heavy atom. The number of benzene rings is 2. The first-order chi connectivity index (χ1) is 17.8. The molecule has 3 aliphatic rings. The molecule has 0 saturated heterocycles. The number of anilines is 1. The van der Waals surface area contributed by atoms with Crippen molar-refractivity contribution in [1.82, 2.24) is 4.57 Å². The van der Waals surface area contributed by atoms with Crippen LogP contribution in [0.1, 0.15) is 38.2 Å². The highest BCUT2D eigenvalue weighted by atomic mass is 19.1. The van der Waals surface area contributed by atoms with Crippen molar-refractivity contribution >= 4 is 17.3 Å². The van der Waals surface area contributed by atoms with Crippen molar-refractivity contribution in [3.8, 4) is 17.6 Å². The second-order valence-electron chi connectivity index (χ2n) is 10.2. The molecule has 3 aromatic rings. The van der Waals surface area contributed by atoms with Crippen molar-refractivity contribution in [3.63, 3.8) is 0 Å². The van der Waals surface area contributed by atoms with Crippen LogP contribution in [-0.4, -0.2) is 17.1 Å². The third-order valence-electron chi connectivity index (χ3n) is 7.06. The predicted octanol–water partition coefficient (Wildman–Crippen LogP) is 6.13. The van der Waals surface area contributed by atoms with Crippen molar-refractivity contribution < 1.29 is 23.0 Å². The molecule has 0 bridgehead atoms. The van der Waals surface area contributed by atoms with Crippen molar-refractivity contribution in [2.45, 2.75) is 32.6 Å². The zero-order valence-electron chi connectivity index (χ0n) is 20.3. The van der Waals surface area contributed by atoms with Crippen LogP contribution in [0.3, 0.4) is 0 Å². The summed E-state index contributed by atoms with van der Waals surface area (Å²) in [6.07, 6.45) is 4.07. The predicted molar refractivity (Wildman–Crippen MR) is 132 cm³/mol. The number of hydrogen-bond acceptors (Lipinski definition) is 5. The normalized spacial score (nSPS) is 20.2. The molecular formula is C29H23F2N3O3. The number of aromatic nitrogens is 1. The lowest BCUT2D eigenvalue weighted by molar-refractivity contribution is -0.118. The Bertz CT molecular complexity index is 1530. The fourth-order valence-corrected chi connectivity index (χ4v) is 5.57. The van der Waals surface area contributed by atoms with E-state index in [1.807, 2.05) is 13.8 Å². The van der Waals surface area contributed by atoms with Gasteiger partial charge in [0.15, 0.2) is 17.3 Å². The molecule has 1 aliphatic carbocycles. The molecule has 0 saturated carbocycles. The number of para-hydroxylation sites is 1. The van der Waals surface area contributed by atoms with Crippen LogP contribution in [0.25, 0.3) is 5.82 Å². The zero-order valence-corrected chi connectivity index (χ0v) is 20.3. The van der Waals surface area contributed by atoms with E-state index in [1.165, 1.54) is 23.1 Å². The molecule has 2 aromatic carbocycles. The van der Waals surface area contributed by atoms with E-state index >= 15 is 8.78 Å². The lowest BCUT2D eigenvalue weighted by Crippen LogP contribution is -2.41. The highest BCUT2D eigenvalue weighted by Gasteiger charge is 2.46. The Balaban J connectivity index is 1.70. The van der Waals surface area contributed by atoms with Crippen LogP contribution in [0.5, 0.6) is 11.5 Å². The van der Waals surface area contributed by atoms with E-state index in [4.69, 9.17) is 9.47 Å². The molecule has 2 aliphatic heterocycles. The first-order valence-electron chi connectivity index (χ1n) is 12.0. The van der Waals surface area contributed by atoms with Gasteiger partial charge in [-0.1, -0.05) is 26.0 Å². The average Bonchev–Trinajstić information content (AvgIpc) is 3.54. The Kier molecular flexibility index (Phi) is 5.19. The third kappa shape index (κ3) is 3.61. The second kappa shape index (κ2) is 8.34. The van der Waals surface area contributed by atoms with Gasteiger partial charge in [0.25, 0.3) is 0 Å². The van der Waals surface area contributed by atoms with Crippen molar-refractivity contribution in [1.29, 1.82) is 5.26 Å². The van der Waals surface area contributed by atoms with Gasteiger partial charge in [-0.25, -0.2) is 8.78 Å². The summed E-state index contributed by atoms with van der Waals surface area (Å²) in [5.74, 6) is -1.10. The van der Waals surface area contributed by atoms with Gasteiger partial charge in [0.05, 0.1) is 17.6 Å². The summed E-state index contributed by atoms with van der Waals surface area (Å²) in [7, 11) is 0. The summed E-state index contributed by atoms with van der Waals surface area (Å²) in [4.78, 5) is 15.2. The second-order valence-corrected chi connectivity index (χ2v) is 10.2. The summed E-state index contributed by atoms with van der Waals surface area (Å²) >= 11 is 0. The van der Waals surface area contributed by atoms with Gasteiger partial charge >= 0.3 is 0 Å². The maximum absolute atomic E-state index is 15.4. The molecule has 6 nitrogen and oxygen atoms in total. The van der Waals surface area contributed by atoms with Crippen LogP contribution in [0.2, 0.25) is 0 Å². The first-order valence-corrected chi connectivity index (χ1v) is 12.0. The van der Waals surface area contributed by atoms with Crippen LogP contribution in [-0.2, 0) is 4.79 Å². The zero-order chi connectivity index (χ0) is 25.9. The molecule has 1 atom stereocenters. The topological polar surface area (TPSA) is 67.5 Å². The Morgan fingerprint density at radius 3 is 2.41 bits per heavy atom. The fourth-order valence-electron chi connectivity index (χ4n) is 5.57. The molecule has 3 heterocycles. The molecule has 0 radical (unpaired) electrons. The number of fused-ring (bicyclic) bond motifs is 1. The number of allylic oxidation sites excluding steroid dienone is 3. The molecule has 0 unspecified atom stereocenters. The van der Waals surface area contributed by atoms with Crippen LogP contribution < -0.4 is 14.4 Å². The molecule has 0 amide bonds. The lowest BCUT2D eigenvalue weighted by atomic mass is 9.68. The van der Waals surface area contributed by atoms with Gasteiger partial charge < -0.3 is 14.0 Å². The maximum atomic E-state index is 15.4. The maximum Gasteiger partial charge on any atom is 0.231 e. The number of carbonyl (C=O) groups excluding carboxylic acids is 1. The molecule has 1 aromatic heterocycles. The molecule has 0 N–H and O–H groups in total. The number of carbonyl (C=O) groups is 1. The summed E-state index contributed by atoms with van der Waals surface area (Å²) in [6, 6.07) is 14.8.